The lowest BCUT2D eigenvalue weighted by molar-refractivity contribution is -0.162. The van der Waals surface area contributed by atoms with Crippen molar-refractivity contribution in [2.75, 3.05) is 6.61 Å². The molecule has 0 aliphatic heterocycles. The minimum absolute atomic E-state index is 0.0492. The Morgan fingerprint density at radius 3 is 2.71 bits per heavy atom. The first-order valence-electron chi connectivity index (χ1n) is 7.76. The van der Waals surface area contributed by atoms with E-state index in [1.807, 2.05) is 13.8 Å². The standard InChI is InChI=1S/C18H24O3/c1-4-21-17(20)18(10-6-5-7-16(18)19)12-15-11-13(2)8-9-14(15)3/h8-9,11H,4-7,10,12H2,1-3H3. The maximum atomic E-state index is 12.5. The Hall–Kier alpha value is -1.64. The molecule has 1 fully saturated rings. The fourth-order valence-corrected chi connectivity index (χ4v) is 3.15. The van der Waals surface area contributed by atoms with Crippen LogP contribution in [-0.4, -0.2) is 18.4 Å². The number of benzene rings is 1. The lowest BCUT2D eigenvalue weighted by Crippen LogP contribution is -2.44. The minimum Gasteiger partial charge on any atom is -0.465 e. The largest absolute Gasteiger partial charge is 0.465 e. The van der Waals surface area contributed by atoms with Gasteiger partial charge in [0.2, 0.25) is 0 Å². The van der Waals surface area contributed by atoms with Crippen LogP contribution < -0.4 is 0 Å². The number of carbonyl (C=O) groups excluding carboxylic acids is 2. The molecule has 0 heterocycles. The van der Waals surface area contributed by atoms with Crippen molar-refractivity contribution in [3.8, 4) is 0 Å². The van der Waals surface area contributed by atoms with Crippen LogP contribution >= 0.6 is 0 Å². The van der Waals surface area contributed by atoms with E-state index in [1.165, 1.54) is 0 Å². The third-order valence-corrected chi connectivity index (χ3v) is 4.45. The first-order chi connectivity index (χ1) is 9.99. The molecule has 1 aromatic carbocycles. The van der Waals surface area contributed by atoms with Crippen molar-refractivity contribution in [2.24, 2.45) is 5.41 Å². The smallest absolute Gasteiger partial charge is 0.319 e. The zero-order valence-electron chi connectivity index (χ0n) is 13.2. The zero-order chi connectivity index (χ0) is 15.5. The highest BCUT2D eigenvalue weighted by Crippen LogP contribution is 2.38. The van der Waals surface area contributed by atoms with Crippen molar-refractivity contribution in [2.45, 2.75) is 52.9 Å². The topological polar surface area (TPSA) is 43.4 Å². The van der Waals surface area contributed by atoms with Gasteiger partial charge in [-0.25, -0.2) is 0 Å². The third-order valence-electron chi connectivity index (χ3n) is 4.45. The molecule has 21 heavy (non-hydrogen) atoms. The molecule has 3 nitrogen and oxygen atoms in total. The molecule has 0 radical (unpaired) electrons. The first-order valence-corrected chi connectivity index (χ1v) is 7.76. The SMILES string of the molecule is CCOC(=O)C1(Cc2cc(C)ccc2C)CCCCC1=O. The highest BCUT2D eigenvalue weighted by molar-refractivity contribution is 6.04. The molecule has 1 aliphatic rings. The zero-order valence-corrected chi connectivity index (χ0v) is 13.2. The molecule has 0 saturated heterocycles. The van der Waals surface area contributed by atoms with Crippen molar-refractivity contribution in [1.29, 1.82) is 0 Å². The fraction of sp³-hybridized carbons (Fsp3) is 0.556. The summed E-state index contributed by atoms with van der Waals surface area (Å²) in [5.74, 6) is -0.288. The molecule has 114 valence electrons. The predicted molar refractivity (Wildman–Crippen MR) is 82.2 cm³/mol. The number of hydrogen-bond acceptors (Lipinski definition) is 3. The molecule has 0 aromatic heterocycles. The summed E-state index contributed by atoms with van der Waals surface area (Å²) in [6.45, 7) is 6.17. The van der Waals surface area contributed by atoms with Gasteiger partial charge in [-0.2, -0.15) is 0 Å². The van der Waals surface area contributed by atoms with Gasteiger partial charge in [0.05, 0.1) is 6.61 Å². The molecule has 1 aliphatic carbocycles. The molecule has 0 spiro atoms. The first kappa shape index (κ1) is 15.7. The molecule has 0 amide bonds. The monoisotopic (exact) mass is 288 g/mol. The van der Waals surface area contributed by atoms with Gasteiger partial charge in [-0.15, -0.1) is 0 Å². The summed E-state index contributed by atoms with van der Waals surface area (Å²) in [7, 11) is 0. The van der Waals surface area contributed by atoms with Gasteiger partial charge >= 0.3 is 5.97 Å². The Morgan fingerprint density at radius 1 is 1.29 bits per heavy atom. The van der Waals surface area contributed by atoms with Gasteiger partial charge in [0.25, 0.3) is 0 Å². The molecular formula is C18H24O3. The number of aryl methyl sites for hydroxylation is 2. The van der Waals surface area contributed by atoms with E-state index in [4.69, 9.17) is 4.74 Å². The summed E-state index contributed by atoms with van der Waals surface area (Å²) < 4.78 is 5.24. The predicted octanol–water partition coefficient (Wildman–Crippen LogP) is 3.54. The second-order valence-corrected chi connectivity index (χ2v) is 6.04. The average molecular weight is 288 g/mol. The molecular weight excluding hydrogens is 264 g/mol. The number of esters is 1. The van der Waals surface area contributed by atoms with E-state index in [1.54, 1.807) is 6.92 Å². The van der Waals surface area contributed by atoms with E-state index >= 15 is 0 Å². The van der Waals surface area contributed by atoms with Gasteiger partial charge in [0.15, 0.2) is 5.78 Å². The van der Waals surface area contributed by atoms with Crippen LogP contribution in [0.15, 0.2) is 18.2 Å². The van der Waals surface area contributed by atoms with Crippen LogP contribution in [0.25, 0.3) is 0 Å². The molecule has 1 saturated carbocycles. The fourth-order valence-electron chi connectivity index (χ4n) is 3.15. The third kappa shape index (κ3) is 3.17. The quantitative estimate of drug-likeness (QED) is 0.628. The number of Topliss-reactive ketones (excluding diaryl/α,β-unsaturated/α-hetero) is 1. The Bertz CT molecular complexity index is 547. The van der Waals surface area contributed by atoms with E-state index in [-0.39, 0.29) is 11.8 Å². The number of hydrogen-bond donors (Lipinski definition) is 0. The van der Waals surface area contributed by atoms with Crippen LogP contribution in [0, 0.1) is 19.3 Å². The van der Waals surface area contributed by atoms with Crippen LogP contribution in [0.2, 0.25) is 0 Å². The maximum Gasteiger partial charge on any atom is 0.319 e. The number of carbonyl (C=O) groups is 2. The summed E-state index contributed by atoms with van der Waals surface area (Å²) in [4.78, 5) is 25.0. The maximum absolute atomic E-state index is 12.5. The Labute approximate surface area is 126 Å². The van der Waals surface area contributed by atoms with Crippen LogP contribution in [0.4, 0.5) is 0 Å². The van der Waals surface area contributed by atoms with Crippen LogP contribution in [0.5, 0.6) is 0 Å². The summed E-state index contributed by atoms with van der Waals surface area (Å²) in [6.07, 6.45) is 3.36. The summed E-state index contributed by atoms with van der Waals surface area (Å²) in [5, 5.41) is 0. The van der Waals surface area contributed by atoms with E-state index in [0.717, 1.165) is 29.5 Å². The second-order valence-electron chi connectivity index (χ2n) is 6.04. The van der Waals surface area contributed by atoms with Crippen LogP contribution in [0.1, 0.15) is 49.3 Å². The van der Waals surface area contributed by atoms with Gasteiger partial charge < -0.3 is 4.74 Å². The van der Waals surface area contributed by atoms with Gasteiger partial charge in [-0.05, 0) is 51.2 Å². The Morgan fingerprint density at radius 2 is 2.05 bits per heavy atom. The van der Waals surface area contributed by atoms with E-state index in [2.05, 4.69) is 18.2 Å². The number of ketones is 1. The van der Waals surface area contributed by atoms with Crippen molar-refractivity contribution < 1.29 is 14.3 Å². The van der Waals surface area contributed by atoms with Gasteiger partial charge in [-0.1, -0.05) is 30.2 Å². The van der Waals surface area contributed by atoms with Crippen molar-refractivity contribution in [3.63, 3.8) is 0 Å². The van der Waals surface area contributed by atoms with Crippen molar-refractivity contribution >= 4 is 11.8 Å². The van der Waals surface area contributed by atoms with Gasteiger partial charge in [0, 0.05) is 6.42 Å². The van der Waals surface area contributed by atoms with Gasteiger partial charge in [-0.3, -0.25) is 9.59 Å². The van der Waals surface area contributed by atoms with Crippen molar-refractivity contribution in [1.82, 2.24) is 0 Å². The van der Waals surface area contributed by atoms with Crippen LogP contribution in [0.3, 0.4) is 0 Å². The molecule has 2 rings (SSSR count). The molecule has 1 unspecified atom stereocenters. The molecule has 0 N–H and O–H groups in total. The van der Waals surface area contributed by atoms with E-state index in [9.17, 15) is 9.59 Å². The van der Waals surface area contributed by atoms with Gasteiger partial charge in [0.1, 0.15) is 5.41 Å². The minimum atomic E-state index is -0.965. The Kier molecular flexibility index (Phi) is 4.81. The van der Waals surface area contributed by atoms with E-state index in [0.29, 0.717) is 25.9 Å². The van der Waals surface area contributed by atoms with Crippen LogP contribution in [-0.2, 0) is 20.7 Å². The molecule has 1 atom stereocenters. The summed E-state index contributed by atoms with van der Waals surface area (Å²) in [5.41, 5.74) is 2.39. The highest BCUT2D eigenvalue weighted by atomic mass is 16.5. The lowest BCUT2D eigenvalue weighted by atomic mass is 9.69. The van der Waals surface area contributed by atoms with Crippen molar-refractivity contribution in [3.05, 3.63) is 34.9 Å². The molecule has 3 heteroatoms. The second kappa shape index (κ2) is 6.42. The van der Waals surface area contributed by atoms with E-state index < -0.39 is 5.41 Å². The number of ether oxygens (including phenoxy) is 1. The summed E-state index contributed by atoms with van der Waals surface area (Å²) in [6, 6.07) is 6.19. The highest BCUT2D eigenvalue weighted by Gasteiger charge is 2.47. The molecule has 0 bridgehead atoms. The normalized spacial score (nSPS) is 22.1. The average Bonchev–Trinajstić information content (AvgIpc) is 2.45. The molecule has 1 aromatic rings. The Balaban J connectivity index is 2.38. The lowest BCUT2D eigenvalue weighted by Gasteiger charge is -2.34. The number of rotatable bonds is 4. The summed E-state index contributed by atoms with van der Waals surface area (Å²) >= 11 is 0.